The zero-order chi connectivity index (χ0) is 12.1. The molecule has 0 aliphatic heterocycles. The van der Waals surface area contributed by atoms with Gasteiger partial charge in [-0.2, -0.15) is 0 Å². The third-order valence-electron chi connectivity index (χ3n) is 3.78. The van der Waals surface area contributed by atoms with Gasteiger partial charge < -0.3 is 5.11 Å². The average molecular weight is 250 g/mol. The lowest BCUT2D eigenvalue weighted by atomic mass is 9.84. The zero-order valence-electron chi connectivity index (χ0n) is 10.6. The number of rotatable bonds is 4. The summed E-state index contributed by atoms with van der Waals surface area (Å²) >= 11 is 1.74. The second kappa shape index (κ2) is 6.46. The summed E-state index contributed by atoms with van der Waals surface area (Å²) in [5.74, 6) is 0.735. The van der Waals surface area contributed by atoms with Crippen LogP contribution in [0.5, 0.6) is 0 Å². The predicted molar refractivity (Wildman–Crippen MR) is 74.4 cm³/mol. The Balaban J connectivity index is 1.91. The molecule has 0 aromatic heterocycles. The number of hydrogen-bond acceptors (Lipinski definition) is 2. The minimum Gasteiger partial charge on any atom is -0.388 e. The maximum Gasteiger partial charge on any atom is 0.0792 e. The van der Waals surface area contributed by atoms with Crippen molar-refractivity contribution in [2.24, 2.45) is 5.92 Å². The highest BCUT2D eigenvalue weighted by atomic mass is 32.2. The Labute approximate surface area is 109 Å². The average Bonchev–Trinajstić information content (AvgIpc) is 2.40. The number of hydrogen-bond donors (Lipinski definition) is 1. The van der Waals surface area contributed by atoms with Crippen LogP contribution in [-0.4, -0.2) is 11.4 Å². The van der Waals surface area contributed by atoms with Gasteiger partial charge in [0.2, 0.25) is 0 Å². The lowest BCUT2D eigenvalue weighted by molar-refractivity contribution is 0.131. The van der Waals surface area contributed by atoms with E-state index in [9.17, 15) is 5.11 Å². The second-order valence-electron chi connectivity index (χ2n) is 5.03. The highest BCUT2D eigenvalue weighted by molar-refractivity contribution is 7.98. The van der Waals surface area contributed by atoms with Gasteiger partial charge in [0.25, 0.3) is 0 Å². The molecule has 2 heteroatoms. The van der Waals surface area contributed by atoms with Crippen molar-refractivity contribution >= 4 is 11.8 Å². The van der Waals surface area contributed by atoms with Crippen molar-refractivity contribution < 1.29 is 5.11 Å². The van der Waals surface area contributed by atoms with Gasteiger partial charge in [0, 0.05) is 4.90 Å². The summed E-state index contributed by atoms with van der Waals surface area (Å²) in [7, 11) is 0. The number of benzene rings is 1. The third-order valence-corrected chi connectivity index (χ3v) is 4.53. The van der Waals surface area contributed by atoms with E-state index in [0.29, 0.717) is 0 Å². The highest BCUT2D eigenvalue weighted by Crippen LogP contribution is 2.32. The molecule has 1 aliphatic rings. The Kier molecular flexibility index (Phi) is 4.93. The second-order valence-corrected chi connectivity index (χ2v) is 5.91. The minimum atomic E-state index is -0.269. The Morgan fingerprint density at radius 2 is 1.82 bits per heavy atom. The summed E-state index contributed by atoms with van der Waals surface area (Å²) in [6.07, 6.45) is 9.45. The Hall–Kier alpha value is -0.470. The molecule has 1 atom stereocenters. The molecule has 1 aromatic rings. The van der Waals surface area contributed by atoms with Crippen molar-refractivity contribution in [1.82, 2.24) is 0 Å². The summed E-state index contributed by atoms with van der Waals surface area (Å²) in [6.45, 7) is 0. The van der Waals surface area contributed by atoms with Crippen LogP contribution in [-0.2, 0) is 0 Å². The van der Waals surface area contributed by atoms with Gasteiger partial charge in [0.1, 0.15) is 0 Å². The standard InChI is InChI=1S/C15H22OS/c1-17-14-9-7-13(8-10-14)15(16)11-12-5-3-2-4-6-12/h7-10,12,15-16H,2-6,11H2,1H3. The van der Waals surface area contributed by atoms with Crippen molar-refractivity contribution in [3.63, 3.8) is 0 Å². The van der Waals surface area contributed by atoms with Crippen molar-refractivity contribution in [2.75, 3.05) is 6.26 Å². The lowest BCUT2D eigenvalue weighted by Crippen LogP contribution is -2.11. The van der Waals surface area contributed by atoms with Gasteiger partial charge in [-0.1, -0.05) is 44.2 Å². The molecule has 2 rings (SSSR count). The first-order valence-corrected chi connectivity index (χ1v) is 7.84. The molecule has 0 radical (unpaired) electrons. The summed E-state index contributed by atoms with van der Waals surface area (Å²) in [6, 6.07) is 8.34. The fourth-order valence-corrected chi connectivity index (χ4v) is 3.11. The highest BCUT2D eigenvalue weighted by Gasteiger charge is 2.18. The third kappa shape index (κ3) is 3.75. The van der Waals surface area contributed by atoms with E-state index in [1.165, 1.54) is 37.0 Å². The van der Waals surface area contributed by atoms with Crippen LogP contribution in [0.1, 0.15) is 50.2 Å². The molecule has 1 unspecified atom stereocenters. The van der Waals surface area contributed by atoms with E-state index in [-0.39, 0.29) is 6.10 Å². The molecule has 94 valence electrons. The minimum absolute atomic E-state index is 0.269. The van der Waals surface area contributed by atoms with E-state index in [2.05, 4.69) is 30.5 Å². The first-order chi connectivity index (χ1) is 8.29. The Morgan fingerprint density at radius 1 is 1.18 bits per heavy atom. The molecular formula is C15H22OS. The van der Waals surface area contributed by atoms with Crippen molar-refractivity contribution in [2.45, 2.75) is 49.5 Å². The molecule has 0 saturated heterocycles. The molecule has 1 aromatic carbocycles. The molecule has 1 N–H and O–H groups in total. The molecule has 1 nitrogen and oxygen atoms in total. The molecule has 0 amide bonds. The van der Waals surface area contributed by atoms with Crippen LogP contribution in [0.2, 0.25) is 0 Å². The monoisotopic (exact) mass is 250 g/mol. The van der Waals surface area contributed by atoms with E-state index >= 15 is 0 Å². The topological polar surface area (TPSA) is 20.2 Å². The summed E-state index contributed by atoms with van der Waals surface area (Å²) < 4.78 is 0. The van der Waals surface area contributed by atoms with Gasteiger partial charge in [0.05, 0.1) is 6.10 Å². The van der Waals surface area contributed by atoms with Crippen LogP contribution < -0.4 is 0 Å². The SMILES string of the molecule is CSc1ccc(C(O)CC2CCCCC2)cc1. The van der Waals surface area contributed by atoms with Gasteiger partial charge in [-0.05, 0) is 36.3 Å². The van der Waals surface area contributed by atoms with Gasteiger partial charge in [-0.25, -0.2) is 0 Å². The van der Waals surface area contributed by atoms with E-state index < -0.39 is 0 Å². The maximum atomic E-state index is 10.2. The quantitative estimate of drug-likeness (QED) is 0.799. The number of aliphatic hydroxyl groups is 1. The summed E-state index contributed by atoms with van der Waals surface area (Å²) in [5.41, 5.74) is 1.08. The van der Waals surface area contributed by atoms with E-state index in [0.717, 1.165) is 17.9 Å². The van der Waals surface area contributed by atoms with Crippen LogP contribution in [0.25, 0.3) is 0 Å². The van der Waals surface area contributed by atoms with Gasteiger partial charge in [-0.15, -0.1) is 11.8 Å². The summed E-state index contributed by atoms with van der Waals surface area (Å²) in [4.78, 5) is 1.26. The van der Waals surface area contributed by atoms with Gasteiger partial charge in [0.15, 0.2) is 0 Å². The predicted octanol–water partition coefficient (Wildman–Crippen LogP) is 4.41. The first kappa shape index (κ1) is 13.0. The van der Waals surface area contributed by atoms with Crippen LogP contribution >= 0.6 is 11.8 Å². The van der Waals surface area contributed by atoms with E-state index in [4.69, 9.17) is 0 Å². The normalized spacial score (nSPS) is 19.2. The van der Waals surface area contributed by atoms with Crippen molar-refractivity contribution in [3.8, 4) is 0 Å². The molecule has 0 heterocycles. The molecule has 0 spiro atoms. The molecule has 17 heavy (non-hydrogen) atoms. The molecule has 0 bridgehead atoms. The van der Waals surface area contributed by atoms with Crippen molar-refractivity contribution in [1.29, 1.82) is 0 Å². The fraction of sp³-hybridized carbons (Fsp3) is 0.600. The smallest absolute Gasteiger partial charge is 0.0792 e. The Morgan fingerprint density at radius 3 is 2.41 bits per heavy atom. The van der Waals surface area contributed by atoms with Crippen molar-refractivity contribution in [3.05, 3.63) is 29.8 Å². The van der Waals surface area contributed by atoms with Crippen LogP contribution in [0.15, 0.2) is 29.2 Å². The largest absolute Gasteiger partial charge is 0.388 e. The van der Waals surface area contributed by atoms with E-state index in [1.54, 1.807) is 11.8 Å². The zero-order valence-corrected chi connectivity index (χ0v) is 11.4. The van der Waals surface area contributed by atoms with E-state index in [1.807, 2.05) is 0 Å². The molecule has 1 saturated carbocycles. The molecular weight excluding hydrogens is 228 g/mol. The molecule has 1 fully saturated rings. The van der Waals surface area contributed by atoms with Crippen LogP contribution in [0.3, 0.4) is 0 Å². The van der Waals surface area contributed by atoms with Crippen LogP contribution in [0.4, 0.5) is 0 Å². The number of aliphatic hydroxyl groups excluding tert-OH is 1. The lowest BCUT2D eigenvalue weighted by Gasteiger charge is -2.24. The molecule has 1 aliphatic carbocycles. The first-order valence-electron chi connectivity index (χ1n) is 6.61. The Bertz CT molecular complexity index is 327. The van der Waals surface area contributed by atoms with Crippen LogP contribution in [0, 0.1) is 5.92 Å². The van der Waals surface area contributed by atoms with Gasteiger partial charge >= 0.3 is 0 Å². The number of thioether (sulfide) groups is 1. The fourth-order valence-electron chi connectivity index (χ4n) is 2.70. The van der Waals surface area contributed by atoms with Gasteiger partial charge in [-0.3, -0.25) is 0 Å². The maximum absolute atomic E-state index is 10.2. The summed E-state index contributed by atoms with van der Waals surface area (Å²) in [5, 5.41) is 10.2.